The van der Waals surface area contributed by atoms with Crippen LogP contribution in [0.2, 0.25) is 0 Å². The van der Waals surface area contributed by atoms with E-state index in [2.05, 4.69) is 4.98 Å². The summed E-state index contributed by atoms with van der Waals surface area (Å²) in [4.78, 5) is 14.7. The normalized spacial score (nSPS) is 12.5. The second-order valence-corrected chi connectivity index (χ2v) is 5.01. The number of fused-ring (bicyclic) bond motifs is 5. The van der Waals surface area contributed by atoms with Crippen LogP contribution in [0.15, 0.2) is 51.7 Å². The van der Waals surface area contributed by atoms with Crippen LogP contribution in [0.1, 0.15) is 5.56 Å². The Morgan fingerprint density at radius 3 is 2.50 bits per heavy atom. The fraction of sp³-hybridized carbons (Fsp3) is 0.0625. The van der Waals surface area contributed by atoms with Crippen molar-refractivity contribution in [3.05, 3.63) is 58.4 Å². The topological polar surface area (TPSA) is 46.0 Å². The van der Waals surface area contributed by atoms with Crippen LogP contribution in [0.25, 0.3) is 32.8 Å². The second-order valence-electron chi connectivity index (χ2n) is 5.01. The van der Waals surface area contributed by atoms with Gasteiger partial charge >= 0.3 is 11.8 Å². The lowest BCUT2D eigenvalue weighted by molar-refractivity contribution is -0.136. The third-order valence-electron chi connectivity index (χ3n) is 3.68. The molecule has 4 rings (SSSR count). The van der Waals surface area contributed by atoms with E-state index in [9.17, 15) is 18.0 Å². The van der Waals surface area contributed by atoms with Crippen molar-refractivity contribution in [3.63, 3.8) is 0 Å². The first-order chi connectivity index (χ1) is 10.4. The van der Waals surface area contributed by atoms with Gasteiger partial charge in [-0.05, 0) is 18.2 Å². The van der Waals surface area contributed by atoms with Gasteiger partial charge in [0.25, 0.3) is 0 Å². The molecule has 0 bridgehead atoms. The lowest BCUT2D eigenvalue weighted by Gasteiger charge is -2.09. The van der Waals surface area contributed by atoms with Crippen LogP contribution < -0.4 is 5.63 Å². The maximum Gasteiger partial charge on any atom is 0.417 e. The fourth-order valence-corrected chi connectivity index (χ4v) is 2.79. The number of nitrogens with one attached hydrogen (secondary N) is 1. The second kappa shape index (κ2) is 4.13. The molecular formula is C16H8F3NO2. The Hall–Kier alpha value is -2.76. The maximum absolute atomic E-state index is 13.1. The third-order valence-corrected chi connectivity index (χ3v) is 3.68. The molecule has 0 spiro atoms. The van der Waals surface area contributed by atoms with Gasteiger partial charge in [-0.2, -0.15) is 13.2 Å². The summed E-state index contributed by atoms with van der Waals surface area (Å²) in [6.45, 7) is 0. The van der Waals surface area contributed by atoms with Crippen molar-refractivity contribution in [2.45, 2.75) is 6.18 Å². The Bertz CT molecular complexity index is 1090. The molecular weight excluding hydrogens is 295 g/mol. The van der Waals surface area contributed by atoms with Crippen molar-refractivity contribution in [2.75, 3.05) is 0 Å². The largest absolute Gasteiger partial charge is 0.422 e. The lowest BCUT2D eigenvalue weighted by Crippen LogP contribution is -2.10. The van der Waals surface area contributed by atoms with Crippen molar-refractivity contribution in [3.8, 4) is 0 Å². The number of alkyl halides is 3. The highest BCUT2D eigenvalue weighted by Gasteiger charge is 2.34. The van der Waals surface area contributed by atoms with E-state index in [4.69, 9.17) is 4.42 Å². The van der Waals surface area contributed by atoms with Gasteiger partial charge in [0, 0.05) is 22.4 Å². The number of aromatic nitrogens is 1. The van der Waals surface area contributed by atoms with Crippen LogP contribution in [0.4, 0.5) is 13.2 Å². The zero-order valence-electron chi connectivity index (χ0n) is 11.0. The minimum atomic E-state index is -4.62. The lowest BCUT2D eigenvalue weighted by atomic mass is 10.1. The molecule has 0 fully saturated rings. The molecule has 22 heavy (non-hydrogen) atoms. The Labute approximate surface area is 121 Å². The molecule has 6 heteroatoms. The summed E-state index contributed by atoms with van der Waals surface area (Å²) in [6.07, 6.45) is -4.62. The van der Waals surface area contributed by atoms with Crippen LogP contribution in [0.5, 0.6) is 0 Å². The zero-order chi connectivity index (χ0) is 15.5. The van der Waals surface area contributed by atoms with Gasteiger partial charge in [0.15, 0.2) is 0 Å². The number of aromatic amines is 1. The predicted octanol–water partition coefficient (Wildman–Crippen LogP) is 4.45. The molecule has 2 aromatic carbocycles. The van der Waals surface area contributed by atoms with E-state index >= 15 is 0 Å². The summed E-state index contributed by atoms with van der Waals surface area (Å²) in [5.41, 5.74) is -0.653. The fourth-order valence-electron chi connectivity index (χ4n) is 2.79. The van der Waals surface area contributed by atoms with Crippen LogP contribution in [0.3, 0.4) is 0 Å². The third kappa shape index (κ3) is 1.73. The van der Waals surface area contributed by atoms with Crippen molar-refractivity contribution in [1.82, 2.24) is 4.98 Å². The summed E-state index contributed by atoms with van der Waals surface area (Å²) >= 11 is 0. The molecule has 2 aromatic heterocycles. The molecule has 0 aliphatic rings. The van der Waals surface area contributed by atoms with Gasteiger partial charge in [0.05, 0.1) is 16.5 Å². The number of hydrogen-bond acceptors (Lipinski definition) is 2. The minimum absolute atomic E-state index is 0.0465. The Morgan fingerprint density at radius 2 is 1.73 bits per heavy atom. The predicted molar refractivity (Wildman–Crippen MR) is 76.8 cm³/mol. The van der Waals surface area contributed by atoms with Crippen LogP contribution in [-0.4, -0.2) is 4.98 Å². The van der Waals surface area contributed by atoms with Crippen molar-refractivity contribution >= 4 is 32.8 Å². The zero-order valence-corrected chi connectivity index (χ0v) is 11.0. The molecule has 2 heterocycles. The summed E-state index contributed by atoms with van der Waals surface area (Å²) in [7, 11) is 0. The smallest absolute Gasteiger partial charge is 0.417 e. The molecule has 0 amide bonds. The standard InChI is InChI=1S/C16H8F3NO2/c17-16(18,19)10-7-13(21)22-15-8(10)5-6-12-14(15)9-3-1-2-4-11(9)20-12/h1-7,20H. The Kier molecular flexibility index (Phi) is 2.43. The summed E-state index contributed by atoms with van der Waals surface area (Å²) in [5.74, 6) is 0. The van der Waals surface area contributed by atoms with E-state index in [1.807, 2.05) is 12.1 Å². The molecule has 0 aliphatic heterocycles. The minimum Gasteiger partial charge on any atom is -0.422 e. The summed E-state index contributed by atoms with van der Waals surface area (Å²) < 4.78 is 44.5. The number of rotatable bonds is 0. The van der Waals surface area contributed by atoms with Gasteiger partial charge in [0.1, 0.15) is 5.58 Å². The molecule has 4 aromatic rings. The number of H-pyrrole nitrogens is 1. The molecule has 0 saturated carbocycles. The van der Waals surface area contributed by atoms with E-state index in [1.165, 1.54) is 6.07 Å². The molecule has 0 radical (unpaired) electrons. The molecule has 0 atom stereocenters. The SMILES string of the molecule is O=c1cc(C(F)(F)F)c2ccc3[nH]c4ccccc4c3c2o1. The van der Waals surface area contributed by atoms with E-state index < -0.39 is 17.4 Å². The van der Waals surface area contributed by atoms with Gasteiger partial charge in [-0.3, -0.25) is 0 Å². The number of halogens is 3. The van der Waals surface area contributed by atoms with Gasteiger partial charge in [-0.1, -0.05) is 18.2 Å². The quantitative estimate of drug-likeness (QED) is 0.488. The molecule has 110 valence electrons. The maximum atomic E-state index is 13.1. The van der Waals surface area contributed by atoms with Crippen LogP contribution in [-0.2, 0) is 6.18 Å². The van der Waals surface area contributed by atoms with Gasteiger partial charge in [-0.15, -0.1) is 0 Å². The number of hydrogen-bond donors (Lipinski definition) is 1. The Balaban J connectivity index is 2.30. The highest BCUT2D eigenvalue weighted by Crippen LogP contribution is 2.38. The number of benzene rings is 2. The summed E-state index contributed by atoms with van der Waals surface area (Å²) in [6, 6.07) is 10.5. The Morgan fingerprint density at radius 1 is 0.955 bits per heavy atom. The molecule has 1 N–H and O–H groups in total. The van der Waals surface area contributed by atoms with Crippen molar-refractivity contribution < 1.29 is 17.6 Å². The van der Waals surface area contributed by atoms with Gasteiger partial charge in [0.2, 0.25) is 0 Å². The first kappa shape index (κ1) is 12.9. The van der Waals surface area contributed by atoms with Crippen LogP contribution in [0, 0.1) is 0 Å². The molecule has 0 saturated heterocycles. The average Bonchev–Trinajstić information content (AvgIpc) is 2.84. The first-order valence-electron chi connectivity index (χ1n) is 6.49. The van der Waals surface area contributed by atoms with Gasteiger partial charge in [-0.25, -0.2) is 4.79 Å². The summed E-state index contributed by atoms with van der Waals surface area (Å²) in [5, 5.41) is 1.08. The first-order valence-corrected chi connectivity index (χ1v) is 6.49. The van der Waals surface area contributed by atoms with E-state index in [1.54, 1.807) is 18.2 Å². The molecule has 0 unspecified atom stereocenters. The van der Waals surface area contributed by atoms with Crippen molar-refractivity contribution in [2.24, 2.45) is 0 Å². The van der Waals surface area contributed by atoms with E-state index in [0.717, 1.165) is 5.52 Å². The molecule has 3 nitrogen and oxygen atoms in total. The average molecular weight is 303 g/mol. The molecule has 0 aliphatic carbocycles. The van der Waals surface area contributed by atoms with E-state index in [0.29, 0.717) is 22.4 Å². The highest BCUT2D eigenvalue weighted by atomic mass is 19.4. The van der Waals surface area contributed by atoms with E-state index in [-0.39, 0.29) is 11.0 Å². The van der Waals surface area contributed by atoms with Gasteiger partial charge < -0.3 is 9.40 Å². The van der Waals surface area contributed by atoms with Crippen LogP contribution >= 0.6 is 0 Å². The monoisotopic (exact) mass is 303 g/mol. The van der Waals surface area contributed by atoms with Crippen molar-refractivity contribution in [1.29, 1.82) is 0 Å². The highest BCUT2D eigenvalue weighted by molar-refractivity contribution is 6.18. The number of para-hydroxylation sites is 1.